The Hall–Kier alpha value is -1.75. The van der Waals surface area contributed by atoms with Crippen LogP contribution in [-0.4, -0.2) is 46.9 Å². The van der Waals surface area contributed by atoms with Gasteiger partial charge in [0.25, 0.3) is 0 Å². The van der Waals surface area contributed by atoms with Crippen LogP contribution in [0, 0.1) is 13.8 Å². The molecule has 1 aromatic carbocycles. The minimum absolute atomic E-state index is 0.186. The van der Waals surface area contributed by atoms with Crippen LogP contribution in [0.2, 0.25) is 0 Å². The first kappa shape index (κ1) is 16.6. The van der Waals surface area contributed by atoms with Crippen molar-refractivity contribution in [3.63, 3.8) is 0 Å². The van der Waals surface area contributed by atoms with Crippen LogP contribution in [0.1, 0.15) is 31.9 Å². The number of amides is 1. The molecule has 1 aliphatic heterocycles. The van der Waals surface area contributed by atoms with Gasteiger partial charge in [-0.15, -0.1) is 0 Å². The first-order chi connectivity index (χ1) is 10.2. The summed E-state index contributed by atoms with van der Waals surface area (Å²) in [6.45, 7) is 10.3. The molecule has 22 heavy (non-hydrogen) atoms. The maximum Gasteiger partial charge on any atom is 0.410 e. The van der Waals surface area contributed by atoms with Gasteiger partial charge in [0.2, 0.25) is 0 Å². The molecule has 1 fully saturated rings. The molecule has 0 aromatic heterocycles. The van der Waals surface area contributed by atoms with E-state index in [0.717, 1.165) is 5.69 Å². The van der Waals surface area contributed by atoms with Crippen LogP contribution in [0.5, 0.6) is 0 Å². The molecule has 0 aliphatic carbocycles. The van der Waals surface area contributed by atoms with Gasteiger partial charge in [0.05, 0.1) is 18.7 Å². The van der Waals surface area contributed by atoms with E-state index < -0.39 is 11.7 Å². The van der Waals surface area contributed by atoms with E-state index in [2.05, 4.69) is 25.2 Å². The maximum absolute atomic E-state index is 12.1. The number of aryl methyl sites for hydroxylation is 2. The van der Waals surface area contributed by atoms with Gasteiger partial charge in [0.15, 0.2) is 0 Å². The van der Waals surface area contributed by atoms with Crippen molar-refractivity contribution in [1.82, 2.24) is 4.90 Å². The second kappa shape index (κ2) is 6.16. The molecule has 0 unspecified atom stereocenters. The van der Waals surface area contributed by atoms with Crippen molar-refractivity contribution in [3.8, 4) is 0 Å². The Kier molecular flexibility index (Phi) is 4.66. The molecule has 2 atom stereocenters. The highest BCUT2D eigenvalue weighted by Crippen LogP contribution is 2.21. The van der Waals surface area contributed by atoms with E-state index in [1.807, 2.05) is 32.9 Å². The van der Waals surface area contributed by atoms with Crippen molar-refractivity contribution in [2.75, 3.05) is 18.4 Å². The Morgan fingerprint density at radius 1 is 1.27 bits per heavy atom. The number of β-amino-alcohol motifs (C(OH)–C–C–N with tert-alkyl or cyclic N) is 1. The number of rotatable bonds is 2. The summed E-state index contributed by atoms with van der Waals surface area (Å²) >= 11 is 0. The molecule has 2 rings (SSSR count). The molecule has 1 aromatic rings. The largest absolute Gasteiger partial charge is 0.444 e. The van der Waals surface area contributed by atoms with Crippen molar-refractivity contribution in [3.05, 3.63) is 29.3 Å². The van der Waals surface area contributed by atoms with E-state index in [9.17, 15) is 9.90 Å². The molecule has 2 N–H and O–H groups in total. The normalized spacial score (nSPS) is 21.8. The molecule has 1 amide bonds. The highest BCUT2D eigenvalue weighted by molar-refractivity contribution is 5.69. The van der Waals surface area contributed by atoms with Gasteiger partial charge in [-0.05, 0) is 57.9 Å². The van der Waals surface area contributed by atoms with Crippen molar-refractivity contribution < 1.29 is 14.6 Å². The van der Waals surface area contributed by atoms with E-state index in [1.165, 1.54) is 11.1 Å². The summed E-state index contributed by atoms with van der Waals surface area (Å²) in [6.07, 6.45) is -0.981. The Labute approximate surface area is 132 Å². The van der Waals surface area contributed by atoms with Crippen LogP contribution < -0.4 is 5.32 Å². The van der Waals surface area contributed by atoms with Gasteiger partial charge in [-0.25, -0.2) is 4.79 Å². The van der Waals surface area contributed by atoms with Gasteiger partial charge in [0, 0.05) is 12.2 Å². The van der Waals surface area contributed by atoms with Gasteiger partial charge >= 0.3 is 6.09 Å². The van der Waals surface area contributed by atoms with Crippen LogP contribution in [-0.2, 0) is 4.74 Å². The first-order valence-electron chi connectivity index (χ1n) is 7.65. The molecule has 1 heterocycles. The first-order valence-corrected chi connectivity index (χ1v) is 7.65. The average Bonchev–Trinajstić information content (AvgIpc) is 2.74. The Bertz CT molecular complexity index is 551. The lowest BCUT2D eigenvalue weighted by molar-refractivity contribution is 0.0270. The number of benzene rings is 1. The monoisotopic (exact) mass is 306 g/mol. The fourth-order valence-corrected chi connectivity index (χ4v) is 2.45. The minimum Gasteiger partial charge on any atom is -0.444 e. The topological polar surface area (TPSA) is 61.8 Å². The third-order valence-corrected chi connectivity index (χ3v) is 3.80. The summed E-state index contributed by atoms with van der Waals surface area (Å²) in [5.41, 5.74) is 2.86. The van der Waals surface area contributed by atoms with Crippen LogP contribution >= 0.6 is 0 Å². The van der Waals surface area contributed by atoms with Gasteiger partial charge in [-0.2, -0.15) is 0 Å². The molecule has 1 saturated heterocycles. The number of ether oxygens (including phenoxy) is 1. The molecule has 122 valence electrons. The molecule has 5 heteroatoms. The lowest BCUT2D eigenvalue weighted by Gasteiger charge is -2.24. The minimum atomic E-state index is -0.603. The number of nitrogens with one attached hydrogen (secondary N) is 1. The van der Waals surface area contributed by atoms with Crippen LogP contribution in [0.15, 0.2) is 18.2 Å². The molecule has 0 saturated carbocycles. The van der Waals surface area contributed by atoms with Crippen LogP contribution in [0.4, 0.5) is 10.5 Å². The third-order valence-electron chi connectivity index (χ3n) is 3.80. The van der Waals surface area contributed by atoms with Crippen molar-refractivity contribution >= 4 is 11.8 Å². The van der Waals surface area contributed by atoms with Crippen LogP contribution in [0.3, 0.4) is 0 Å². The number of carbonyl (C=O) groups is 1. The number of aliphatic hydroxyl groups is 1. The molecule has 0 spiro atoms. The number of hydrogen-bond donors (Lipinski definition) is 2. The molecule has 5 nitrogen and oxygen atoms in total. The zero-order valence-corrected chi connectivity index (χ0v) is 14.0. The fourth-order valence-electron chi connectivity index (χ4n) is 2.45. The van der Waals surface area contributed by atoms with E-state index in [0.29, 0.717) is 6.54 Å². The van der Waals surface area contributed by atoms with E-state index in [4.69, 9.17) is 4.74 Å². The third kappa shape index (κ3) is 4.13. The number of hydrogen-bond acceptors (Lipinski definition) is 4. The summed E-state index contributed by atoms with van der Waals surface area (Å²) < 4.78 is 5.35. The molecule has 1 aliphatic rings. The molecule has 0 radical (unpaired) electrons. The van der Waals surface area contributed by atoms with Gasteiger partial charge in [0.1, 0.15) is 5.60 Å². The number of aliphatic hydroxyl groups excluding tert-OH is 1. The standard InChI is InChI=1S/C17H26N2O3/c1-11-6-7-13(8-12(11)2)18-14-9-19(10-15(14)20)16(21)22-17(3,4)5/h6-8,14-15,18,20H,9-10H2,1-5H3/t14-,15-/m1/s1. The quantitative estimate of drug-likeness (QED) is 0.882. The molecule has 0 bridgehead atoms. The predicted molar refractivity (Wildman–Crippen MR) is 87.1 cm³/mol. The van der Waals surface area contributed by atoms with Gasteiger partial charge in [-0.3, -0.25) is 0 Å². The number of anilines is 1. The highest BCUT2D eigenvalue weighted by atomic mass is 16.6. The molecular formula is C17H26N2O3. The lowest BCUT2D eigenvalue weighted by atomic mass is 10.1. The molecular weight excluding hydrogens is 280 g/mol. The number of nitrogens with zero attached hydrogens (tertiary/aromatic N) is 1. The van der Waals surface area contributed by atoms with Gasteiger partial charge in [-0.1, -0.05) is 6.07 Å². The summed E-state index contributed by atoms with van der Waals surface area (Å²) in [7, 11) is 0. The summed E-state index contributed by atoms with van der Waals surface area (Å²) in [6, 6.07) is 5.91. The Balaban J connectivity index is 1.99. The van der Waals surface area contributed by atoms with Gasteiger partial charge < -0.3 is 20.1 Å². The summed E-state index contributed by atoms with van der Waals surface area (Å²) in [4.78, 5) is 13.6. The lowest BCUT2D eigenvalue weighted by Crippen LogP contribution is -2.36. The van der Waals surface area contributed by atoms with E-state index in [1.54, 1.807) is 4.90 Å². The smallest absolute Gasteiger partial charge is 0.410 e. The number of carbonyl (C=O) groups excluding carboxylic acids is 1. The maximum atomic E-state index is 12.1. The summed E-state index contributed by atoms with van der Waals surface area (Å²) in [5.74, 6) is 0. The predicted octanol–water partition coefficient (Wildman–Crippen LogP) is 2.70. The Morgan fingerprint density at radius 3 is 2.55 bits per heavy atom. The Morgan fingerprint density at radius 2 is 1.95 bits per heavy atom. The van der Waals surface area contributed by atoms with Crippen LogP contribution in [0.25, 0.3) is 0 Å². The highest BCUT2D eigenvalue weighted by Gasteiger charge is 2.36. The van der Waals surface area contributed by atoms with Crippen molar-refractivity contribution in [2.45, 2.75) is 52.4 Å². The zero-order valence-electron chi connectivity index (χ0n) is 14.0. The second-order valence-electron chi connectivity index (χ2n) is 7.00. The van der Waals surface area contributed by atoms with E-state index >= 15 is 0 Å². The summed E-state index contributed by atoms with van der Waals surface area (Å²) in [5, 5.41) is 13.5. The average molecular weight is 306 g/mol. The SMILES string of the molecule is Cc1ccc(N[C@@H]2CN(C(=O)OC(C)(C)C)C[C@H]2O)cc1C. The van der Waals surface area contributed by atoms with Crippen molar-refractivity contribution in [2.24, 2.45) is 0 Å². The number of likely N-dealkylation sites (tertiary alicyclic amines) is 1. The van der Waals surface area contributed by atoms with E-state index in [-0.39, 0.29) is 18.7 Å². The zero-order chi connectivity index (χ0) is 16.5. The second-order valence-corrected chi connectivity index (χ2v) is 7.00. The fraction of sp³-hybridized carbons (Fsp3) is 0.588. The van der Waals surface area contributed by atoms with Crippen molar-refractivity contribution in [1.29, 1.82) is 0 Å².